The topological polar surface area (TPSA) is 3.24 Å². The number of hydrogen-bond donors (Lipinski definition) is 0. The van der Waals surface area contributed by atoms with Crippen LogP contribution in [-0.4, -0.2) is 13.1 Å². The highest BCUT2D eigenvalue weighted by atomic mass is 15.2. The molecule has 2 atom stereocenters. The maximum absolute atomic E-state index is 2.58. The third kappa shape index (κ3) is 1.75. The van der Waals surface area contributed by atoms with Gasteiger partial charge in [-0.3, -0.25) is 0 Å². The number of para-hydroxylation sites is 1. The molecule has 2 fully saturated rings. The summed E-state index contributed by atoms with van der Waals surface area (Å²) in [6.45, 7) is 2.60. The minimum Gasteiger partial charge on any atom is -0.371 e. The van der Waals surface area contributed by atoms with E-state index in [1.165, 1.54) is 44.5 Å². The fourth-order valence-electron chi connectivity index (χ4n) is 3.26. The number of anilines is 1. The summed E-state index contributed by atoms with van der Waals surface area (Å²) in [5, 5.41) is 0. The van der Waals surface area contributed by atoms with Gasteiger partial charge in [0, 0.05) is 18.8 Å². The molecule has 1 heterocycles. The Morgan fingerprint density at radius 2 is 1.47 bits per heavy atom. The van der Waals surface area contributed by atoms with E-state index in [9.17, 15) is 0 Å². The Morgan fingerprint density at radius 1 is 0.867 bits per heavy atom. The lowest BCUT2D eigenvalue weighted by Crippen LogP contribution is -2.19. The van der Waals surface area contributed by atoms with Crippen LogP contribution in [0.15, 0.2) is 30.3 Å². The average molecular weight is 201 g/mol. The molecule has 3 rings (SSSR count). The molecule has 0 N–H and O–H groups in total. The largest absolute Gasteiger partial charge is 0.371 e. The second-order valence-electron chi connectivity index (χ2n) is 5.05. The van der Waals surface area contributed by atoms with Crippen LogP contribution >= 0.6 is 0 Å². The molecule has 1 nitrogen and oxygen atoms in total. The van der Waals surface area contributed by atoms with Gasteiger partial charge in [-0.15, -0.1) is 0 Å². The van der Waals surface area contributed by atoms with Crippen LogP contribution in [0.25, 0.3) is 0 Å². The fourth-order valence-corrected chi connectivity index (χ4v) is 3.26. The quantitative estimate of drug-likeness (QED) is 0.673. The molecule has 15 heavy (non-hydrogen) atoms. The number of hydrogen-bond acceptors (Lipinski definition) is 1. The molecule has 1 saturated heterocycles. The van der Waals surface area contributed by atoms with Gasteiger partial charge in [-0.05, 0) is 36.8 Å². The Hall–Kier alpha value is -0.980. The van der Waals surface area contributed by atoms with E-state index >= 15 is 0 Å². The van der Waals surface area contributed by atoms with Crippen molar-refractivity contribution in [2.75, 3.05) is 18.0 Å². The predicted molar refractivity (Wildman–Crippen MR) is 64.1 cm³/mol. The van der Waals surface area contributed by atoms with Crippen molar-refractivity contribution in [1.82, 2.24) is 0 Å². The molecule has 2 aliphatic rings. The standard InChI is InChI=1S/C14H19N/c1-2-8-14(9-3-1)15-10-12-6-4-5-7-13(12)11-15/h1-3,8-9,12-13H,4-7,10-11H2. The summed E-state index contributed by atoms with van der Waals surface area (Å²) in [4.78, 5) is 2.58. The van der Waals surface area contributed by atoms with Gasteiger partial charge in [0.15, 0.2) is 0 Å². The van der Waals surface area contributed by atoms with Gasteiger partial charge >= 0.3 is 0 Å². The first-order valence-corrected chi connectivity index (χ1v) is 6.23. The summed E-state index contributed by atoms with van der Waals surface area (Å²) in [5.74, 6) is 1.97. The molecule has 80 valence electrons. The predicted octanol–water partition coefficient (Wildman–Crippen LogP) is 3.31. The Morgan fingerprint density at radius 3 is 2.07 bits per heavy atom. The third-order valence-corrected chi connectivity index (χ3v) is 4.10. The Balaban J connectivity index is 1.75. The van der Waals surface area contributed by atoms with Gasteiger partial charge in [-0.1, -0.05) is 31.0 Å². The number of rotatable bonds is 1. The summed E-state index contributed by atoms with van der Waals surface area (Å²) in [5.41, 5.74) is 1.42. The molecule has 2 unspecified atom stereocenters. The van der Waals surface area contributed by atoms with Gasteiger partial charge in [0.25, 0.3) is 0 Å². The lowest BCUT2D eigenvalue weighted by atomic mass is 9.82. The van der Waals surface area contributed by atoms with Crippen LogP contribution in [0, 0.1) is 11.8 Å². The average Bonchev–Trinajstić information content (AvgIpc) is 2.74. The highest BCUT2D eigenvalue weighted by molar-refractivity contribution is 5.47. The summed E-state index contributed by atoms with van der Waals surface area (Å²) in [7, 11) is 0. The third-order valence-electron chi connectivity index (χ3n) is 4.10. The molecule has 1 aromatic rings. The highest BCUT2D eigenvalue weighted by Gasteiger charge is 2.34. The molecule has 0 amide bonds. The first-order chi connectivity index (χ1) is 7.43. The van der Waals surface area contributed by atoms with Crippen molar-refractivity contribution in [3.63, 3.8) is 0 Å². The zero-order valence-electron chi connectivity index (χ0n) is 9.23. The second-order valence-corrected chi connectivity index (χ2v) is 5.05. The van der Waals surface area contributed by atoms with E-state index in [2.05, 4.69) is 35.2 Å². The van der Waals surface area contributed by atoms with E-state index in [0.29, 0.717) is 0 Å². The number of benzene rings is 1. The van der Waals surface area contributed by atoms with E-state index in [0.717, 1.165) is 11.8 Å². The molecular formula is C14H19N. The van der Waals surface area contributed by atoms with Gasteiger partial charge < -0.3 is 4.90 Å². The molecular weight excluding hydrogens is 182 g/mol. The van der Waals surface area contributed by atoms with Crippen LogP contribution in [0.3, 0.4) is 0 Å². The van der Waals surface area contributed by atoms with Crippen LogP contribution < -0.4 is 4.90 Å². The van der Waals surface area contributed by atoms with Crippen molar-refractivity contribution in [2.45, 2.75) is 25.7 Å². The minimum absolute atomic E-state index is 0.985. The first kappa shape index (κ1) is 9.26. The highest BCUT2D eigenvalue weighted by Crippen LogP contribution is 2.37. The summed E-state index contributed by atoms with van der Waals surface area (Å²) < 4.78 is 0. The zero-order valence-corrected chi connectivity index (χ0v) is 9.23. The van der Waals surface area contributed by atoms with Gasteiger partial charge in [0.1, 0.15) is 0 Å². The lowest BCUT2D eigenvalue weighted by molar-refractivity contribution is 0.299. The molecule has 1 aromatic carbocycles. The van der Waals surface area contributed by atoms with Crippen molar-refractivity contribution < 1.29 is 0 Å². The fraction of sp³-hybridized carbons (Fsp3) is 0.571. The van der Waals surface area contributed by atoms with E-state index < -0.39 is 0 Å². The van der Waals surface area contributed by atoms with Crippen molar-refractivity contribution in [1.29, 1.82) is 0 Å². The molecule has 0 radical (unpaired) electrons. The smallest absolute Gasteiger partial charge is 0.0366 e. The molecule has 0 aromatic heterocycles. The van der Waals surface area contributed by atoms with Gasteiger partial charge in [0.2, 0.25) is 0 Å². The lowest BCUT2D eigenvalue weighted by Gasteiger charge is -2.22. The number of nitrogens with zero attached hydrogens (tertiary/aromatic N) is 1. The molecule has 1 aliphatic carbocycles. The van der Waals surface area contributed by atoms with Gasteiger partial charge in [-0.25, -0.2) is 0 Å². The monoisotopic (exact) mass is 201 g/mol. The summed E-state index contributed by atoms with van der Waals surface area (Å²) in [6, 6.07) is 10.9. The Kier molecular flexibility index (Phi) is 2.40. The molecule has 1 heteroatoms. The van der Waals surface area contributed by atoms with Crippen LogP contribution in [0.2, 0.25) is 0 Å². The summed E-state index contributed by atoms with van der Waals surface area (Å²) >= 11 is 0. The van der Waals surface area contributed by atoms with Gasteiger partial charge in [0.05, 0.1) is 0 Å². The van der Waals surface area contributed by atoms with Gasteiger partial charge in [-0.2, -0.15) is 0 Å². The summed E-state index contributed by atoms with van der Waals surface area (Å²) in [6.07, 6.45) is 5.86. The van der Waals surface area contributed by atoms with Crippen LogP contribution in [0.1, 0.15) is 25.7 Å². The normalized spacial score (nSPS) is 30.3. The van der Waals surface area contributed by atoms with Crippen LogP contribution in [0.4, 0.5) is 5.69 Å². The Labute approximate surface area is 92.1 Å². The second kappa shape index (κ2) is 3.88. The van der Waals surface area contributed by atoms with E-state index in [1.54, 1.807) is 0 Å². The molecule has 0 bridgehead atoms. The maximum atomic E-state index is 2.58. The van der Waals surface area contributed by atoms with Crippen molar-refractivity contribution in [2.24, 2.45) is 11.8 Å². The Bertz CT molecular complexity index is 305. The zero-order chi connectivity index (χ0) is 10.1. The van der Waals surface area contributed by atoms with E-state index in [-0.39, 0.29) is 0 Å². The van der Waals surface area contributed by atoms with Crippen LogP contribution in [-0.2, 0) is 0 Å². The number of fused-ring (bicyclic) bond motifs is 1. The van der Waals surface area contributed by atoms with Crippen molar-refractivity contribution in [3.8, 4) is 0 Å². The van der Waals surface area contributed by atoms with Crippen molar-refractivity contribution in [3.05, 3.63) is 30.3 Å². The van der Waals surface area contributed by atoms with E-state index in [1.807, 2.05) is 0 Å². The van der Waals surface area contributed by atoms with Crippen LogP contribution in [0.5, 0.6) is 0 Å². The van der Waals surface area contributed by atoms with E-state index in [4.69, 9.17) is 0 Å². The molecule has 1 saturated carbocycles. The molecule has 0 spiro atoms. The maximum Gasteiger partial charge on any atom is 0.0366 e. The minimum atomic E-state index is 0.985. The first-order valence-electron chi connectivity index (χ1n) is 6.23. The molecule has 1 aliphatic heterocycles. The van der Waals surface area contributed by atoms with Crippen molar-refractivity contribution >= 4 is 5.69 Å². The SMILES string of the molecule is c1ccc(N2CC3CCCCC3C2)cc1.